The largest absolute Gasteiger partial charge is 0.325 e. The smallest absolute Gasteiger partial charge is 0.238 e. The zero-order valence-electron chi connectivity index (χ0n) is 16.2. The first kappa shape index (κ1) is 19.5. The van der Waals surface area contributed by atoms with Crippen molar-refractivity contribution in [3.63, 3.8) is 0 Å². The van der Waals surface area contributed by atoms with Crippen molar-refractivity contribution in [2.75, 3.05) is 44.6 Å². The number of benzene rings is 2. The van der Waals surface area contributed by atoms with E-state index in [4.69, 9.17) is 0 Å². The summed E-state index contributed by atoms with van der Waals surface area (Å²) in [5, 5.41) is 6.40. The Morgan fingerprint density at radius 1 is 0.926 bits per heavy atom. The minimum atomic E-state index is 0.0652. The number of hydrogen-bond donors (Lipinski definition) is 2. The van der Waals surface area contributed by atoms with Crippen molar-refractivity contribution >= 4 is 11.6 Å². The number of nitrogens with zero attached hydrogens (tertiary/aromatic N) is 2. The van der Waals surface area contributed by atoms with Gasteiger partial charge in [0.1, 0.15) is 0 Å². The molecule has 5 nitrogen and oxygen atoms in total. The van der Waals surface area contributed by atoms with E-state index >= 15 is 0 Å². The van der Waals surface area contributed by atoms with Crippen LogP contribution in [0.3, 0.4) is 0 Å². The highest BCUT2D eigenvalue weighted by Crippen LogP contribution is 2.15. The number of hydrogen-bond acceptors (Lipinski definition) is 4. The highest BCUT2D eigenvalue weighted by Gasteiger charge is 2.19. The van der Waals surface area contributed by atoms with Gasteiger partial charge in [0.15, 0.2) is 0 Å². The van der Waals surface area contributed by atoms with E-state index in [0.29, 0.717) is 6.54 Å². The summed E-state index contributed by atoms with van der Waals surface area (Å²) in [5.74, 6) is 0.0652. The molecule has 0 spiro atoms. The Kier molecular flexibility index (Phi) is 7.39. The Bertz CT molecular complexity index is 711. The van der Waals surface area contributed by atoms with Crippen molar-refractivity contribution in [3.05, 3.63) is 65.7 Å². The van der Waals surface area contributed by atoms with Crippen molar-refractivity contribution in [2.45, 2.75) is 20.0 Å². The molecule has 27 heavy (non-hydrogen) atoms. The van der Waals surface area contributed by atoms with Crippen LogP contribution in [-0.4, -0.2) is 55.0 Å². The number of carbonyl (C=O) groups excluding carboxylic acids is 1. The third-order valence-corrected chi connectivity index (χ3v) is 4.94. The minimum Gasteiger partial charge on any atom is -0.325 e. The Labute approximate surface area is 162 Å². The number of nitrogens with one attached hydrogen (secondary N) is 2. The fourth-order valence-corrected chi connectivity index (χ4v) is 3.40. The molecule has 1 amide bonds. The first-order valence-electron chi connectivity index (χ1n) is 9.81. The van der Waals surface area contributed by atoms with Gasteiger partial charge in [0.2, 0.25) is 5.91 Å². The van der Waals surface area contributed by atoms with Crippen molar-refractivity contribution < 1.29 is 4.79 Å². The molecule has 1 aliphatic heterocycles. The second kappa shape index (κ2) is 10.2. The molecule has 3 rings (SSSR count). The monoisotopic (exact) mass is 366 g/mol. The molecule has 0 radical (unpaired) electrons. The van der Waals surface area contributed by atoms with Gasteiger partial charge in [-0.25, -0.2) is 0 Å². The lowest BCUT2D eigenvalue weighted by Gasteiger charge is -2.34. The molecule has 0 bridgehead atoms. The summed E-state index contributed by atoms with van der Waals surface area (Å²) in [4.78, 5) is 17.2. The van der Waals surface area contributed by atoms with E-state index in [1.807, 2.05) is 18.2 Å². The second-order valence-corrected chi connectivity index (χ2v) is 7.02. The zero-order valence-corrected chi connectivity index (χ0v) is 16.2. The normalized spacial score (nSPS) is 15.6. The van der Waals surface area contributed by atoms with E-state index in [1.54, 1.807) is 0 Å². The lowest BCUT2D eigenvalue weighted by atomic mass is 10.1. The first-order valence-corrected chi connectivity index (χ1v) is 9.81. The van der Waals surface area contributed by atoms with Gasteiger partial charge in [-0.05, 0) is 23.7 Å². The van der Waals surface area contributed by atoms with Crippen LogP contribution in [0, 0.1) is 0 Å². The number of carbonyl (C=O) groups is 1. The number of anilines is 1. The minimum absolute atomic E-state index is 0.0652. The fourth-order valence-electron chi connectivity index (χ4n) is 3.40. The predicted octanol–water partition coefficient (Wildman–Crippen LogP) is 2.55. The molecular formula is C22H30N4O. The Morgan fingerprint density at radius 2 is 1.59 bits per heavy atom. The molecule has 1 fully saturated rings. The van der Waals surface area contributed by atoms with Crippen LogP contribution in [0.1, 0.15) is 18.1 Å². The van der Waals surface area contributed by atoms with E-state index in [9.17, 15) is 4.79 Å². The Balaban J connectivity index is 1.44. The molecule has 0 unspecified atom stereocenters. The second-order valence-electron chi connectivity index (χ2n) is 7.02. The summed E-state index contributed by atoms with van der Waals surface area (Å²) < 4.78 is 0. The van der Waals surface area contributed by atoms with Crippen molar-refractivity contribution in [2.24, 2.45) is 0 Å². The van der Waals surface area contributed by atoms with Crippen LogP contribution in [0.2, 0.25) is 0 Å². The van der Waals surface area contributed by atoms with Crippen LogP contribution in [0.5, 0.6) is 0 Å². The molecule has 0 aliphatic carbocycles. The van der Waals surface area contributed by atoms with Crippen LogP contribution in [0.15, 0.2) is 54.6 Å². The van der Waals surface area contributed by atoms with Crippen molar-refractivity contribution in [3.8, 4) is 0 Å². The summed E-state index contributed by atoms with van der Waals surface area (Å²) >= 11 is 0. The third-order valence-electron chi connectivity index (χ3n) is 4.94. The van der Waals surface area contributed by atoms with Gasteiger partial charge >= 0.3 is 0 Å². The highest BCUT2D eigenvalue weighted by molar-refractivity contribution is 5.93. The number of amides is 1. The average molecular weight is 367 g/mol. The van der Waals surface area contributed by atoms with E-state index < -0.39 is 0 Å². The first-order chi connectivity index (χ1) is 13.2. The predicted molar refractivity (Wildman–Crippen MR) is 111 cm³/mol. The summed E-state index contributed by atoms with van der Waals surface area (Å²) in [6, 6.07) is 18.6. The molecule has 1 aliphatic rings. The maximum absolute atomic E-state index is 12.5. The zero-order chi connectivity index (χ0) is 18.9. The van der Waals surface area contributed by atoms with E-state index in [2.05, 4.69) is 63.8 Å². The molecule has 0 saturated carbocycles. The molecule has 144 valence electrons. The van der Waals surface area contributed by atoms with E-state index in [1.165, 1.54) is 5.56 Å². The van der Waals surface area contributed by atoms with Crippen LogP contribution < -0.4 is 10.6 Å². The molecular weight excluding hydrogens is 336 g/mol. The quantitative estimate of drug-likeness (QED) is 0.754. The van der Waals surface area contributed by atoms with Gasteiger partial charge in [-0.2, -0.15) is 0 Å². The maximum atomic E-state index is 12.5. The Morgan fingerprint density at radius 3 is 2.33 bits per heavy atom. The average Bonchev–Trinajstić information content (AvgIpc) is 2.69. The van der Waals surface area contributed by atoms with Crippen LogP contribution >= 0.6 is 0 Å². The van der Waals surface area contributed by atoms with Gasteiger partial charge in [-0.15, -0.1) is 0 Å². The van der Waals surface area contributed by atoms with Gasteiger partial charge in [0, 0.05) is 45.0 Å². The van der Waals surface area contributed by atoms with Gasteiger partial charge < -0.3 is 10.6 Å². The van der Waals surface area contributed by atoms with Gasteiger partial charge in [0.05, 0.1) is 6.54 Å². The highest BCUT2D eigenvalue weighted by atomic mass is 16.2. The lowest BCUT2D eigenvalue weighted by molar-refractivity contribution is -0.117. The molecule has 0 aromatic heterocycles. The number of piperazine rings is 1. The van der Waals surface area contributed by atoms with Crippen molar-refractivity contribution in [1.82, 2.24) is 15.1 Å². The number of para-hydroxylation sites is 1. The molecule has 2 aromatic carbocycles. The van der Waals surface area contributed by atoms with Gasteiger partial charge in [-0.1, -0.05) is 55.5 Å². The molecule has 1 heterocycles. The van der Waals surface area contributed by atoms with Gasteiger partial charge in [-0.3, -0.25) is 14.6 Å². The van der Waals surface area contributed by atoms with E-state index in [0.717, 1.165) is 57.1 Å². The SMILES string of the molecule is CCNCc1ccccc1NC(=O)CN1CCN(Cc2ccccc2)CC1. The molecule has 1 saturated heterocycles. The summed E-state index contributed by atoms with van der Waals surface area (Å²) in [7, 11) is 0. The number of rotatable bonds is 8. The topological polar surface area (TPSA) is 47.6 Å². The molecule has 5 heteroatoms. The van der Waals surface area contributed by atoms with Crippen LogP contribution in [-0.2, 0) is 17.9 Å². The van der Waals surface area contributed by atoms with Crippen molar-refractivity contribution in [1.29, 1.82) is 0 Å². The maximum Gasteiger partial charge on any atom is 0.238 e. The Hall–Kier alpha value is -2.21. The van der Waals surface area contributed by atoms with E-state index in [-0.39, 0.29) is 5.91 Å². The standard InChI is InChI=1S/C22H30N4O/c1-2-23-16-20-10-6-7-11-21(20)24-22(27)18-26-14-12-25(13-15-26)17-19-8-4-3-5-9-19/h3-11,23H,2,12-18H2,1H3,(H,24,27). The van der Waals surface area contributed by atoms with Gasteiger partial charge in [0.25, 0.3) is 0 Å². The molecule has 2 aromatic rings. The summed E-state index contributed by atoms with van der Waals surface area (Å²) in [6.07, 6.45) is 0. The van der Waals surface area contributed by atoms with Crippen LogP contribution in [0.25, 0.3) is 0 Å². The molecule has 2 N–H and O–H groups in total. The van der Waals surface area contributed by atoms with Crippen LogP contribution in [0.4, 0.5) is 5.69 Å². The molecule has 0 atom stereocenters. The fraction of sp³-hybridized carbons (Fsp3) is 0.409. The summed E-state index contributed by atoms with van der Waals surface area (Å²) in [5.41, 5.74) is 3.38. The third kappa shape index (κ3) is 6.17. The summed E-state index contributed by atoms with van der Waals surface area (Å²) in [6.45, 7) is 9.06. The lowest BCUT2D eigenvalue weighted by Crippen LogP contribution is -2.48.